The summed E-state index contributed by atoms with van der Waals surface area (Å²) >= 11 is 5.83. The lowest BCUT2D eigenvalue weighted by Crippen LogP contribution is -2.44. The Morgan fingerprint density at radius 3 is 2.67 bits per heavy atom. The Bertz CT molecular complexity index is 423. The lowest BCUT2D eigenvalue weighted by molar-refractivity contribution is -0.123. The number of hydrogen-bond donors (Lipinski definition) is 2. The maximum atomic E-state index is 13.2. The third-order valence-corrected chi connectivity index (χ3v) is 2.88. The molecule has 0 aromatic heterocycles. The minimum Gasteiger partial charge on any atom is -0.353 e. The van der Waals surface area contributed by atoms with Gasteiger partial charge >= 0.3 is 0 Å². The highest BCUT2D eigenvalue weighted by molar-refractivity contribution is 6.31. The monoisotopic (exact) mass is 272 g/mol. The van der Waals surface area contributed by atoms with Crippen molar-refractivity contribution in [2.45, 2.75) is 39.4 Å². The second-order valence-corrected chi connectivity index (χ2v) is 4.86. The Balaban J connectivity index is 2.55. The number of hydrogen-bond acceptors (Lipinski definition) is 2. The summed E-state index contributed by atoms with van der Waals surface area (Å²) in [6.07, 6.45) is 0. The summed E-state index contributed by atoms with van der Waals surface area (Å²) in [6, 6.07) is 4.37. The van der Waals surface area contributed by atoms with Crippen LogP contribution < -0.4 is 10.6 Å². The fourth-order valence-electron chi connectivity index (χ4n) is 1.45. The molecule has 0 saturated carbocycles. The minimum absolute atomic E-state index is 0.0856. The van der Waals surface area contributed by atoms with Crippen LogP contribution in [-0.4, -0.2) is 18.0 Å². The standard InChI is InChI=1S/C13H18ClFN2O/c1-8(2)17-13(18)9(3)16-7-10-5-4-6-11(15)12(10)14/h4-6,8-9,16H,7H2,1-3H3,(H,17,18). The smallest absolute Gasteiger partial charge is 0.237 e. The van der Waals surface area contributed by atoms with Gasteiger partial charge in [0.25, 0.3) is 0 Å². The summed E-state index contributed by atoms with van der Waals surface area (Å²) in [6.45, 7) is 5.90. The van der Waals surface area contributed by atoms with E-state index in [1.165, 1.54) is 6.07 Å². The quantitative estimate of drug-likeness (QED) is 0.865. The van der Waals surface area contributed by atoms with E-state index < -0.39 is 5.82 Å². The average Bonchev–Trinajstić information content (AvgIpc) is 2.29. The molecule has 0 aliphatic heterocycles. The predicted molar refractivity (Wildman–Crippen MR) is 71.0 cm³/mol. The Hall–Kier alpha value is -1.13. The molecule has 0 fully saturated rings. The summed E-state index contributed by atoms with van der Waals surface area (Å²) in [5.41, 5.74) is 0.640. The molecular weight excluding hydrogens is 255 g/mol. The number of nitrogens with one attached hydrogen (secondary N) is 2. The summed E-state index contributed by atoms with van der Waals surface area (Å²) in [7, 11) is 0. The van der Waals surface area contributed by atoms with Crippen LogP contribution in [0.3, 0.4) is 0 Å². The van der Waals surface area contributed by atoms with Crippen LogP contribution in [0.2, 0.25) is 5.02 Å². The third-order valence-electron chi connectivity index (χ3n) is 2.45. The molecule has 1 aromatic rings. The van der Waals surface area contributed by atoms with Crippen molar-refractivity contribution in [3.63, 3.8) is 0 Å². The minimum atomic E-state index is -0.449. The highest BCUT2D eigenvalue weighted by Crippen LogP contribution is 2.19. The van der Waals surface area contributed by atoms with Crippen molar-refractivity contribution in [2.24, 2.45) is 0 Å². The van der Waals surface area contributed by atoms with Crippen LogP contribution >= 0.6 is 11.6 Å². The van der Waals surface area contributed by atoms with Gasteiger partial charge in [-0.3, -0.25) is 4.79 Å². The maximum Gasteiger partial charge on any atom is 0.237 e. The van der Waals surface area contributed by atoms with Crippen molar-refractivity contribution in [3.05, 3.63) is 34.6 Å². The molecule has 1 atom stereocenters. The van der Waals surface area contributed by atoms with Crippen LogP contribution in [0, 0.1) is 5.82 Å². The Labute approximate surface area is 112 Å². The van der Waals surface area contributed by atoms with Gasteiger partial charge < -0.3 is 10.6 Å². The number of halogens is 2. The molecule has 1 aromatic carbocycles. The van der Waals surface area contributed by atoms with Crippen LogP contribution in [0.5, 0.6) is 0 Å². The van der Waals surface area contributed by atoms with Crippen LogP contribution in [0.1, 0.15) is 26.3 Å². The fraction of sp³-hybridized carbons (Fsp3) is 0.462. The van der Waals surface area contributed by atoms with Crippen LogP contribution in [0.25, 0.3) is 0 Å². The summed E-state index contributed by atoms with van der Waals surface area (Å²) in [4.78, 5) is 11.6. The first-order valence-electron chi connectivity index (χ1n) is 5.88. The number of carbonyl (C=O) groups excluding carboxylic acids is 1. The van der Waals surface area contributed by atoms with Crippen molar-refractivity contribution in [1.82, 2.24) is 10.6 Å². The first kappa shape index (κ1) is 14.9. The second-order valence-electron chi connectivity index (χ2n) is 4.48. The first-order chi connectivity index (χ1) is 8.41. The molecule has 1 rings (SSSR count). The zero-order chi connectivity index (χ0) is 13.7. The molecule has 0 heterocycles. The van der Waals surface area contributed by atoms with Crippen molar-refractivity contribution < 1.29 is 9.18 Å². The molecule has 100 valence electrons. The van der Waals surface area contributed by atoms with Crippen molar-refractivity contribution >= 4 is 17.5 Å². The van der Waals surface area contributed by atoms with Gasteiger partial charge in [0.15, 0.2) is 0 Å². The van der Waals surface area contributed by atoms with E-state index in [0.29, 0.717) is 12.1 Å². The fourth-order valence-corrected chi connectivity index (χ4v) is 1.64. The van der Waals surface area contributed by atoms with Crippen LogP contribution in [0.4, 0.5) is 4.39 Å². The summed E-state index contributed by atoms with van der Waals surface area (Å²) in [5, 5.41) is 5.90. The van der Waals surface area contributed by atoms with Crippen molar-refractivity contribution in [3.8, 4) is 0 Å². The van der Waals surface area contributed by atoms with Gasteiger partial charge in [0, 0.05) is 12.6 Å². The van der Waals surface area contributed by atoms with Crippen molar-refractivity contribution in [1.29, 1.82) is 0 Å². The second kappa shape index (κ2) is 6.71. The number of benzene rings is 1. The molecule has 0 saturated heterocycles. The Morgan fingerprint density at radius 2 is 2.06 bits per heavy atom. The van der Waals surface area contributed by atoms with E-state index in [-0.39, 0.29) is 23.0 Å². The Morgan fingerprint density at radius 1 is 1.39 bits per heavy atom. The van der Waals surface area contributed by atoms with E-state index in [4.69, 9.17) is 11.6 Å². The van der Waals surface area contributed by atoms with Crippen LogP contribution in [-0.2, 0) is 11.3 Å². The van der Waals surface area contributed by atoms with Gasteiger partial charge in [-0.25, -0.2) is 4.39 Å². The van der Waals surface area contributed by atoms with E-state index in [9.17, 15) is 9.18 Å². The SMILES string of the molecule is CC(C)NC(=O)C(C)NCc1cccc(F)c1Cl. The lowest BCUT2D eigenvalue weighted by Gasteiger charge is -2.16. The summed E-state index contributed by atoms with van der Waals surface area (Å²) in [5.74, 6) is -0.534. The van der Waals surface area contributed by atoms with E-state index in [2.05, 4.69) is 10.6 Å². The normalized spacial score (nSPS) is 12.6. The lowest BCUT2D eigenvalue weighted by atomic mass is 10.2. The first-order valence-corrected chi connectivity index (χ1v) is 6.26. The maximum absolute atomic E-state index is 13.2. The van der Waals surface area contributed by atoms with Gasteiger partial charge in [0.2, 0.25) is 5.91 Å². The van der Waals surface area contributed by atoms with Crippen molar-refractivity contribution in [2.75, 3.05) is 0 Å². The zero-order valence-electron chi connectivity index (χ0n) is 10.8. The highest BCUT2D eigenvalue weighted by Gasteiger charge is 2.14. The molecule has 1 amide bonds. The molecule has 5 heteroatoms. The molecule has 1 unspecified atom stereocenters. The number of carbonyl (C=O) groups is 1. The van der Waals surface area contributed by atoms with Gasteiger partial charge in [-0.05, 0) is 32.4 Å². The topological polar surface area (TPSA) is 41.1 Å². The molecular formula is C13H18ClFN2O. The van der Waals surface area contributed by atoms with Gasteiger partial charge in [0.1, 0.15) is 5.82 Å². The van der Waals surface area contributed by atoms with Gasteiger partial charge in [-0.15, -0.1) is 0 Å². The molecule has 0 aliphatic rings. The highest BCUT2D eigenvalue weighted by atomic mass is 35.5. The summed E-state index contributed by atoms with van der Waals surface area (Å²) < 4.78 is 13.2. The van der Waals surface area contributed by atoms with Crippen LogP contribution in [0.15, 0.2) is 18.2 Å². The van der Waals surface area contributed by atoms with Gasteiger partial charge in [0.05, 0.1) is 11.1 Å². The molecule has 0 spiro atoms. The molecule has 0 aliphatic carbocycles. The predicted octanol–water partition coefficient (Wildman–Crippen LogP) is 2.48. The molecule has 0 bridgehead atoms. The van der Waals surface area contributed by atoms with E-state index in [1.807, 2.05) is 13.8 Å². The molecule has 3 nitrogen and oxygen atoms in total. The average molecular weight is 273 g/mol. The number of rotatable bonds is 5. The van der Waals surface area contributed by atoms with E-state index in [0.717, 1.165) is 0 Å². The van der Waals surface area contributed by atoms with Gasteiger partial charge in [-0.1, -0.05) is 23.7 Å². The zero-order valence-corrected chi connectivity index (χ0v) is 11.5. The Kier molecular flexibility index (Phi) is 5.56. The van der Waals surface area contributed by atoms with E-state index in [1.54, 1.807) is 19.1 Å². The molecule has 2 N–H and O–H groups in total. The molecule has 18 heavy (non-hydrogen) atoms. The van der Waals surface area contributed by atoms with E-state index >= 15 is 0 Å². The molecule has 0 radical (unpaired) electrons. The van der Waals surface area contributed by atoms with Gasteiger partial charge in [-0.2, -0.15) is 0 Å². The number of amides is 1. The third kappa shape index (κ3) is 4.27. The largest absolute Gasteiger partial charge is 0.353 e.